The maximum absolute atomic E-state index is 5.69. The Kier molecular flexibility index (Phi) is 6.74. The second-order valence-electron chi connectivity index (χ2n) is 8.30. The highest BCUT2D eigenvalue weighted by Crippen LogP contribution is 2.36. The van der Waals surface area contributed by atoms with Crippen LogP contribution < -0.4 is 10.6 Å². The van der Waals surface area contributed by atoms with Crippen LogP contribution in [0.25, 0.3) is 6.08 Å². The molecule has 1 aliphatic carbocycles. The van der Waals surface area contributed by atoms with Gasteiger partial charge in [0.25, 0.3) is 0 Å². The second-order valence-corrected chi connectivity index (χ2v) is 8.30. The molecule has 1 aromatic heterocycles. The van der Waals surface area contributed by atoms with Gasteiger partial charge in [-0.1, -0.05) is 66.8 Å². The van der Waals surface area contributed by atoms with Gasteiger partial charge in [-0.3, -0.25) is 4.90 Å². The third-order valence-corrected chi connectivity index (χ3v) is 6.09. The van der Waals surface area contributed by atoms with Gasteiger partial charge < -0.3 is 15.4 Å². The molecule has 1 fully saturated rings. The molecule has 0 amide bonds. The molecule has 1 aliphatic heterocycles. The molecule has 5 rings (SSSR count). The van der Waals surface area contributed by atoms with Crippen molar-refractivity contribution in [3.63, 3.8) is 0 Å². The van der Waals surface area contributed by atoms with Crippen LogP contribution in [-0.4, -0.2) is 52.3 Å². The second kappa shape index (κ2) is 10.4. The summed E-state index contributed by atoms with van der Waals surface area (Å²) >= 11 is 0. The van der Waals surface area contributed by atoms with E-state index in [0.29, 0.717) is 19.0 Å². The summed E-state index contributed by atoms with van der Waals surface area (Å²) in [5.74, 6) is 0.701. The summed E-state index contributed by atoms with van der Waals surface area (Å²) < 4.78 is 5.69. The smallest absolute Gasteiger partial charge is 0.153 e. The summed E-state index contributed by atoms with van der Waals surface area (Å²) in [7, 11) is 0. The Morgan fingerprint density at radius 2 is 1.74 bits per heavy atom. The van der Waals surface area contributed by atoms with Gasteiger partial charge in [0, 0.05) is 36.5 Å². The minimum atomic E-state index is -0.572. The van der Waals surface area contributed by atoms with Gasteiger partial charge in [-0.2, -0.15) is 0 Å². The van der Waals surface area contributed by atoms with Gasteiger partial charge in [0.2, 0.25) is 0 Å². The number of rotatable bonds is 7. The van der Waals surface area contributed by atoms with Crippen LogP contribution in [0, 0.1) is 5.92 Å². The molecule has 2 heterocycles. The lowest BCUT2D eigenvalue weighted by Crippen LogP contribution is -2.61. The maximum Gasteiger partial charge on any atom is 0.153 e. The number of anilines is 2. The minimum Gasteiger partial charge on any atom is -0.379 e. The molecule has 7 heteroatoms. The average molecular weight is 453 g/mol. The molecule has 0 spiro atoms. The third kappa shape index (κ3) is 5.06. The van der Waals surface area contributed by atoms with Crippen LogP contribution in [0.1, 0.15) is 5.56 Å². The Bertz CT molecular complexity index is 1140. The number of nitrogens with zero attached hydrogens (tertiary/aromatic N) is 4. The number of benzene rings is 2. The molecular weight excluding hydrogens is 424 g/mol. The Labute approximate surface area is 199 Å². The maximum atomic E-state index is 5.69. The van der Waals surface area contributed by atoms with E-state index >= 15 is 0 Å². The lowest BCUT2D eigenvalue weighted by molar-refractivity contribution is -0.00545. The van der Waals surface area contributed by atoms with Crippen molar-refractivity contribution >= 4 is 17.6 Å². The van der Waals surface area contributed by atoms with E-state index in [2.05, 4.69) is 97.7 Å². The first kappa shape index (κ1) is 22.0. The van der Waals surface area contributed by atoms with E-state index in [1.807, 2.05) is 30.3 Å². The SMILES string of the molecule is C1=CC(C=Cc2ccccc2)C(Nc2ccnnn2)(N2CCOCC2)C=C1Nc1ccccc1. The lowest BCUT2D eigenvalue weighted by atomic mass is 9.84. The van der Waals surface area contributed by atoms with E-state index in [1.54, 1.807) is 6.20 Å². The lowest BCUT2D eigenvalue weighted by Gasteiger charge is -2.49. The van der Waals surface area contributed by atoms with Crippen molar-refractivity contribution in [3.05, 3.63) is 108 Å². The van der Waals surface area contributed by atoms with Crippen LogP contribution in [0.3, 0.4) is 0 Å². The topological polar surface area (TPSA) is 75.2 Å². The average Bonchev–Trinajstić information content (AvgIpc) is 2.90. The normalized spacial score (nSPS) is 22.9. The first-order valence-electron chi connectivity index (χ1n) is 11.5. The number of para-hydroxylation sites is 1. The highest BCUT2D eigenvalue weighted by Gasteiger charge is 2.43. The Hall–Kier alpha value is -3.81. The molecule has 3 aromatic rings. The van der Waals surface area contributed by atoms with E-state index in [4.69, 9.17) is 4.74 Å². The quantitative estimate of drug-likeness (QED) is 0.556. The van der Waals surface area contributed by atoms with Gasteiger partial charge in [-0.15, -0.1) is 10.2 Å². The van der Waals surface area contributed by atoms with Crippen molar-refractivity contribution in [1.82, 2.24) is 20.3 Å². The molecule has 2 N–H and O–H groups in total. The minimum absolute atomic E-state index is 0.0297. The van der Waals surface area contributed by atoms with Gasteiger partial charge in [-0.25, -0.2) is 0 Å². The summed E-state index contributed by atoms with van der Waals surface area (Å²) in [5.41, 5.74) is 2.64. The Morgan fingerprint density at radius 3 is 2.47 bits per heavy atom. The van der Waals surface area contributed by atoms with E-state index < -0.39 is 5.66 Å². The first-order valence-corrected chi connectivity index (χ1v) is 11.5. The largest absolute Gasteiger partial charge is 0.379 e. The fourth-order valence-electron chi connectivity index (χ4n) is 4.44. The zero-order valence-electron chi connectivity index (χ0n) is 18.9. The summed E-state index contributed by atoms with van der Waals surface area (Å²) in [5, 5.41) is 19.2. The molecule has 2 aromatic carbocycles. The number of allylic oxidation sites excluding steroid dienone is 1. The summed E-state index contributed by atoms with van der Waals surface area (Å²) in [4.78, 5) is 2.43. The van der Waals surface area contributed by atoms with Gasteiger partial charge in [0.15, 0.2) is 5.82 Å². The van der Waals surface area contributed by atoms with Crippen LogP contribution in [-0.2, 0) is 4.74 Å². The third-order valence-electron chi connectivity index (χ3n) is 6.09. The molecule has 1 saturated heterocycles. The van der Waals surface area contributed by atoms with Crippen LogP contribution in [0.4, 0.5) is 11.5 Å². The Morgan fingerprint density at radius 1 is 0.971 bits per heavy atom. The number of aromatic nitrogens is 3. The van der Waals surface area contributed by atoms with Gasteiger partial charge >= 0.3 is 0 Å². The van der Waals surface area contributed by atoms with Crippen molar-refractivity contribution < 1.29 is 4.74 Å². The monoisotopic (exact) mass is 452 g/mol. The molecule has 34 heavy (non-hydrogen) atoms. The first-order chi connectivity index (χ1) is 16.8. The van der Waals surface area contributed by atoms with Crippen LogP contribution in [0.15, 0.2) is 103 Å². The molecule has 0 bridgehead atoms. The molecule has 2 atom stereocenters. The zero-order valence-corrected chi connectivity index (χ0v) is 18.9. The molecule has 2 unspecified atom stereocenters. The van der Waals surface area contributed by atoms with Crippen LogP contribution in [0.5, 0.6) is 0 Å². The number of hydrogen-bond donors (Lipinski definition) is 2. The highest BCUT2D eigenvalue weighted by molar-refractivity contribution is 5.57. The fraction of sp³-hybridized carbons (Fsp3) is 0.222. The van der Waals surface area contributed by atoms with E-state index in [9.17, 15) is 0 Å². The number of nitrogens with one attached hydrogen (secondary N) is 2. The fourth-order valence-corrected chi connectivity index (χ4v) is 4.44. The van der Waals surface area contributed by atoms with E-state index in [1.165, 1.54) is 0 Å². The van der Waals surface area contributed by atoms with Crippen molar-refractivity contribution in [2.75, 3.05) is 36.9 Å². The van der Waals surface area contributed by atoms with Crippen molar-refractivity contribution in [2.24, 2.45) is 5.92 Å². The van der Waals surface area contributed by atoms with Crippen molar-refractivity contribution in [1.29, 1.82) is 0 Å². The van der Waals surface area contributed by atoms with Gasteiger partial charge in [0.05, 0.1) is 19.4 Å². The molecule has 2 aliphatic rings. The van der Waals surface area contributed by atoms with Gasteiger partial charge in [-0.05, 0) is 35.1 Å². The number of hydrogen-bond acceptors (Lipinski definition) is 7. The zero-order chi connectivity index (χ0) is 23.1. The molecule has 7 nitrogen and oxygen atoms in total. The van der Waals surface area contributed by atoms with E-state index in [0.717, 1.165) is 30.0 Å². The summed E-state index contributed by atoms with van der Waals surface area (Å²) in [6, 6.07) is 22.4. The Balaban J connectivity index is 1.56. The standard InChI is InChI=1S/C27H28N6O/c1-3-7-22(8-4-1)11-12-23-13-14-25(29-24-9-5-2-6-10-24)21-27(23,33-17-19-34-20-18-33)30-26-15-16-28-32-31-26/h1-16,21,23,29H,17-20H2,(H,28,30,31). The van der Waals surface area contributed by atoms with Gasteiger partial charge in [0.1, 0.15) is 5.66 Å². The molecule has 0 saturated carbocycles. The predicted octanol–water partition coefficient (Wildman–Crippen LogP) is 4.21. The summed E-state index contributed by atoms with van der Waals surface area (Å²) in [6.07, 6.45) is 12.7. The number of ether oxygens (including phenoxy) is 1. The molecule has 0 radical (unpaired) electrons. The summed E-state index contributed by atoms with van der Waals surface area (Å²) in [6.45, 7) is 2.95. The van der Waals surface area contributed by atoms with Crippen molar-refractivity contribution in [3.8, 4) is 0 Å². The molecular formula is C27H28N6O. The predicted molar refractivity (Wildman–Crippen MR) is 135 cm³/mol. The van der Waals surface area contributed by atoms with Crippen LogP contribution >= 0.6 is 0 Å². The van der Waals surface area contributed by atoms with E-state index in [-0.39, 0.29) is 5.92 Å². The molecule has 172 valence electrons. The highest BCUT2D eigenvalue weighted by atomic mass is 16.5. The number of morpholine rings is 1. The van der Waals surface area contributed by atoms with Crippen LogP contribution in [0.2, 0.25) is 0 Å². The van der Waals surface area contributed by atoms with Crippen molar-refractivity contribution in [2.45, 2.75) is 5.66 Å².